The molecule has 1 spiro atoms. The number of piperidine rings is 1. The first-order chi connectivity index (χ1) is 5.73. The van der Waals surface area contributed by atoms with Gasteiger partial charge in [0.25, 0.3) is 0 Å². The van der Waals surface area contributed by atoms with Gasteiger partial charge in [-0.05, 0) is 39.3 Å². The smallest absolute Gasteiger partial charge is 0.226 e. The second kappa shape index (κ2) is 3.84. The summed E-state index contributed by atoms with van der Waals surface area (Å²) in [5.74, 6) is 0.288. The number of halogens is 1. The summed E-state index contributed by atoms with van der Waals surface area (Å²) in [6.07, 6.45) is 3.07. The topological polar surface area (TPSA) is 41.1 Å². The molecule has 1 amide bonds. The molecule has 2 rings (SSSR count). The molecule has 2 aliphatic rings. The van der Waals surface area contributed by atoms with Crippen LogP contribution in [0.4, 0.5) is 0 Å². The van der Waals surface area contributed by atoms with Gasteiger partial charge >= 0.3 is 0 Å². The minimum Gasteiger partial charge on any atom is -0.353 e. The largest absolute Gasteiger partial charge is 0.353 e. The molecule has 0 saturated carbocycles. The van der Waals surface area contributed by atoms with E-state index in [9.17, 15) is 4.79 Å². The minimum absolute atomic E-state index is 0. The van der Waals surface area contributed by atoms with Gasteiger partial charge < -0.3 is 10.6 Å². The fraction of sp³-hybridized carbons (Fsp3) is 0.889. The summed E-state index contributed by atoms with van der Waals surface area (Å²) >= 11 is 0. The molecule has 0 aromatic carbocycles. The molecule has 3 nitrogen and oxygen atoms in total. The molecule has 0 bridgehead atoms. The van der Waals surface area contributed by atoms with Crippen molar-refractivity contribution < 1.29 is 4.79 Å². The van der Waals surface area contributed by atoms with E-state index in [1.54, 1.807) is 0 Å². The van der Waals surface area contributed by atoms with E-state index in [1.807, 2.05) is 0 Å². The molecule has 0 aromatic rings. The highest BCUT2D eigenvalue weighted by Gasteiger charge is 2.45. The number of nitrogens with one attached hydrogen (secondary N) is 2. The zero-order chi connectivity index (χ0) is 8.60. The molecule has 1 atom stereocenters. The van der Waals surface area contributed by atoms with Crippen LogP contribution < -0.4 is 10.6 Å². The van der Waals surface area contributed by atoms with Gasteiger partial charge in [-0.1, -0.05) is 0 Å². The van der Waals surface area contributed by atoms with Gasteiger partial charge in [0.1, 0.15) is 0 Å². The van der Waals surface area contributed by atoms with Crippen molar-refractivity contribution in [1.82, 2.24) is 10.6 Å². The highest BCUT2D eigenvalue weighted by Crippen LogP contribution is 2.38. The third kappa shape index (κ3) is 1.81. The molecule has 2 saturated heterocycles. The first-order valence-electron chi connectivity index (χ1n) is 4.75. The van der Waals surface area contributed by atoms with Crippen molar-refractivity contribution in [2.24, 2.45) is 5.41 Å². The molecule has 1 unspecified atom stereocenters. The Kier molecular flexibility index (Phi) is 3.19. The fourth-order valence-electron chi connectivity index (χ4n) is 2.44. The maximum atomic E-state index is 11.6. The molecule has 13 heavy (non-hydrogen) atoms. The number of carbonyl (C=O) groups is 1. The zero-order valence-corrected chi connectivity index (χ0v) is 8.75. The van der Waals surface area contributed by atoms with E-state index in [4.69, 9.17) is 0 Å². The van der Waals surface area contributed by atoms with Gasteiger partial charge in [0.15, 0.2) is 0 Å². The Bertz CT molecular complexity index is 202. The highest BCUT2D eigenvalue weighted by molar-refractivity contribution is 5.85. The predicted octanol–water partition coefficient (Wildman–Crippen LogP) is 0.686. The van der Waals surface area contributed by atoms with Gasteiger partial charge in [-0.25, -0.2) is 0 Å². The molecule has 0 radical (unpaired) electrons. The highest BCUT2D eigenvalue weighted by atomic mass is 35.5. The van der Waals surface area contributed by atoms with Crippen molar-refractivity contribution in [3.63, 3.8) is 0 Å². The molecule has 2 N–H and O–H groups in total. The number of carbonyl (C=O) groups excluding carboxylic acids is 1. The molecule has 2 heterocycles. The molecule has 76 valence electrons. The Morgan fingerprint density at radius 2 is 2.00 bits per heavy atom. The number of rotatable bonds is 0. The molecular weight excluding hydrogens is 188 g/mol. The van der Waals surface area contributed by atoms with E-state index in [1.165, 1.54) is 0 Å². The third-order valence-corrected chi connectivity index (χ3v) is 3.12. The van der Waals surface area contributed by atoms with Crippen LogP contribution in [-0.4, -0.2) is 25.0 Å². The van der Waals surface area contributed by atoms with Gasteiger partial charge in [-0.15, -0.1) is 12.4 Å². The second-order valence-corrected chi connectivity index (χ2v) is 4.11. The van der Waals surface area contributed by atoms with Crippen LogP contribution in [0.25, 0.3) is 0 Å². The normalized spacial score (nSPS) is 31.2. The Morgan fingerprint density at radius 3 is 2.46 bits per heavy atom. The van der Waals surface area contributed by atoms with E-state index in [0.717, 1.165) is 32.4 Å². The Morgan fingerprint density at radius 1 is 1.38 bits per heavy atom. The van der Waals surface area contributed by atoms with Crippen LogP contribution in [0.2, 0.25) is 0 Å². The van der Waals surface area contributed by atoms with Crippen LogP contribution in [0.3, 0.4) is 0 Å². The van der Waals surface area contributed by atoms with E-state index < -0.39 is 0 Å². The van der Waals surface area contributed by atoms with Crippen molar-refractivity contribution in [3.8, 4) is 0 Å². The lowest BCUT2D eigenvalue weighted by atomic mass is 9.77. The van der Waals surface area contributed by atoms with Crippen molar-refractivity contribution in [2.75, 3.05) is 13.1 Å². The lowest BCUT2D eigenvalue weighted by Crippen LogP contribution is -2.41. The summed E-state index contributed by atoms with van der Waals surface area (Å²) in [5.41, 5.74) is -0.00926. The Labute approximate surface area is 85.1 Å². The van der Waals surface area contributed by atoms with Crippen LogP contribution in [0.15, 0.2) is 0 Å². The van der Waals surface area contributed by atoms with Gasteiger partial charge in [-0.2, -0.15) is 0 Å². The molecule has 0 aromatic heterocycles. The van der Waals surface area contributed by atoms with E-state index in [2.05, 4.69) is 17.6 Å². The molecule has 4 heteroatoms. The Balaban J connectivity index is 0.000000845. The molecule has 2 aliphatic heterocycles. The van der Waals surface area contributed by atoms with Crippen molar-refractivity contribution >= 4 is 18.3 Å². The monoisotopic (exact) mass is 204 g/mol. The zero-order valence-electron chi connectivity index (χ0n) is 7.93. The maximum absolute atomic E-state index is 11.6. The summed E-state index contributed by atoms with van der Waals surface area (Å²) in [6.45, 7) is 4.09. The van der Waals surface area contributed by atoms with Gasteiger partial charge in [0.2, 0.25) is 5.91 Å². The summed E-state index contributed by atoms with van der Waals surface area (Å²) in [6, 6.07) is 0.385. The maximum Gasteiger partial charge on any atom is 0.226 e. The summed E-state index contributed by atoms with van der Waals surface area (Å²) < 4.78 is 0. The van der Waals surface area contributed by atoms with E-state index in [0.29, 0.717) is 6.04 Å². The lowest BCUT2D eigenvalue weighted by molar-refractivity contribution is -0.128. The summed E-state index contributed by atoms with van der Waals surface area (Å²) in [4.78, 5) is 11.6. The average Bonchev–Trinajstić information content (AvgIpc) is 2.29. The molecular formula is C9H17ClN2O. The Hall–Kier alpha value is -0.280. The van der Waals surface area contributed by atoms with Crippen molar-refractivity contribution in [3.05, 3.63) is 0 Å². The van der Waals surface area contributed by atoms with Crippen LogP contribution in [-0.2, 0) is 4.79 Å². The standard InChI is InChI=1S/C9H16N2O.ClH/c1-7-6-9(8(12)11-7)2-4-10-5-3-9;/h7,10H,2-6H2,1H3,(H,11,12);1H. The first-order valence-corrected chi connectivity index (χ1v) is 4.75. The minimum atomic E-state index is -0.00926. The average molecular weight is 205 g/mol. The lowest BCUT2D eigenvalue weighted by Gasteiger charge is -2.30. The summed E-state index contributed by atoms with van der Waals surface area (Å²) in [7, 11) is 0. The van der Waals surface area contributed by atoms with Crippen molar-refractivity contribution in [2.45, 2.75) is 32.2 Å². The van der Waals surface area contributed by atoms with Gasteiger partial charge in [0, 0.05) is 6.04 Å². The predicted molar refractivity (Wildman–Crippen MR) is 54.0 cm³/mol. The first kappa shape index (κ1) is 10.8. The van der Waals surface area contributed by atoms with Crippen LogP contribution in [0.5, 0.6) is 0 Å². The SMILES string of the molecule is CC1CC2(CCNCC2)C(=O)N1.Cl. The van der Waals surface area contributed by atoms with Gasteiger partial charge in [-0.3, -0.25) is 4.79 Å². The number of amides is 1. The molecule has 2 fully saturated rings. The van der Waals surface area contributed by atoms with Crippen LogP contribution in [0, 0.1) is 5.41 Å². The number of hydrogen-bond donors (Lipinski definition) is 2. The third-order valence-electron chi connectivity index (χ3n) is 3.12. The fourth-order valence-corrected chi connectivity index (χ4v) is 2.44. The number of hydrogen-bond acceptors (Lipinski definition) is 2. The van der Waals surface area contributed by atoms with E-state index in [-0.39, 0.29) is 23.7 Å². The quantitative estimate of drug-likeness (QED) is 0.610. The van der Waals surface area contributed by atoms with Gasteiger partial charge in [0.05, 0.1) is 5.41 Å². The van der Waals surface area contributed by atoms with Crippen LogP contribution >= 0.6 is 12.4 Å². The van der Waals surface area contributed by atoms with E-state index >= 15 is 0 Å². The van der Waals surface area contributed by atoms with Crippen LogP contribution in [0.1, 0.15) is 26.2 Å². The second-order valence-electron chi connectivity index (χ2n) is 4.11. The molecule has 0 aliphatic carbocycles. The van der Waals surface area contributed by atoms with Crippen molar-refractivity contribution in [1.29, 1.82) is 0 Å². The summed E-state index contributed by atoms with van der Waals surface area (Å²) in [5, 5.41) is 6.30.